The van der Waals surface area contributed by atoms with E-state index in [1.54, 1.807) is 0 Å². The van der Waals surface area contributed by atoms with Crippen LogP contribution in [0.2, 0.25) is 0 Å². The average molecular weight is 333 g/mol. The number of nitrogens with zero attached hydrogens (tertiary/aromatic N) is 3. The smallest absolute Gasteiger partial charge is 0.387 e. The molecule has 2 rings (SSSR count). The lowest BCUT2D eigenvalue weighted by atomic mass is 10.2. The summed E-state index contributed by atoms with van der Waals surface area (Å²) < 4.78 is 59.4. The summed E-state index contributed by atoms with van der Waals surface area (Å²) in [5.41, 5.74) is 0.361. The molecule has 0 atom stereocenters. The van der Waals surface area contributed by atoms with Crippen molar-refractivity contribution in [2.75, 3.05) is 7.11 Å². The molecule has 0 radical (unpaired) electrons. The van der Waals surface area contributed by atoms with Crippen LogP contribution in [0.4, 0.5) is 8.78 Å². The van der Waals surface area contributed by atoms with Gasteiger partial charge in [0.1, 0.15) is 0 Å². The Morgan fingerprint density at radius 3 is 2.59 bits per heavy atom. The van der Waals surface area contributed by atoms with Crippen LogP contribution in [0, 0.1) is 0 Å². The molecule has 120 valence electrons. The molecule has 0 unspecified atom stereocenters. The Labute approximate surface area is 125 Å². The van der Waals surface area contributed by atoms with Crippen molar-refractivity contribution in [3.63, 3.8) is 0 Å². The van der Waals surface area contributed by atoms with Gasteiger partial charge in [0.2, 0.25) is 9.84 Å². The van der Waals surface area contributed by atoms with Crippen LogP contribution in [0.1, 0.15) is 5.56 Å². The molecule has 7 nitrogen and oxygen atoms in total. The predicted octanol–water partition coefficient (Wildman–Crippen LogP) is 1.40. The third kappa shape index (κ3) is 3.50. The van der Waals surface area contributed by atoms with Gasteiger partial charge in [0, 0.05) is 7.05 Å². The van der Waals surface area contributed by atoms with E-state index in [0.29, 0.717) is 5.56 Å². The van der Waals surface area contributed by atoms with Crippen LogP contribution in [0.15, 0.2) is 29.4 Å². The summed E-state index contributed by atoms with van der Waals surface area (Å²) in [6.07, 6.45) is 1.14. The van der Waals surface area contributed by atoms with E-state index < -0.39 is 16.4 Å². The fourth-order valence-electron chi connectivity index (χ4n) is 1.85. The minimum Gasteiger partial charge on any atom is -0.493 e. The van der Waals surface area contributed by atoms with Crippen molar-refractivity contribution < 1.29 is 26.7 Å². The van der Waals surface area contributed by atoms with Gasteiger partial charge in [-0.25, -0.2) is 13.1 Å². The third-order valence-corrected chi connectivity index (χ3v) is 4.51. The lowest BCUT2D eigenvalue weighted by Gasteiger charge is -2.11. The number of aryl methyl sites for hydroxylation is 1. The number of methoxy groups -OCH3 is 1. The molecule has 0 amide bonds. The van der Waals surface area contributed by atoms with Crippen LogP contribution in [0.5, 0.6) is 11.5 Å². The van der Waals surface area contributed by atoms with Crippen LogP contribution >= 0.6 is 0 Å². The molecule has 0 aliphatic heterocycles. The molecule has 1 aromatic heterocycles. The van der Waals surface area contributed by atoms with Gasteiger partial charge in [-0.05, 0) is 17.7 Å². The highest BCUT2D eigenvalue weighted by Gasteiger charge is 2.21. The molecule has 22 heavy (non-hydrogen) atoms. The SMILES string of the molecule is COc1cc(CS(=O)(=O)c2cnnn2C)ccc1OC(F)F. The van der Waals surface area contributed by atoms with Crippen molar-refractivity contribution in [2.24, 2.45) is 7.05 Å². The van der Waals surface area contributed by atoms with Crippen LogP contribution in [-0.2, 0) is 22.6 Å². The summed E-state index contributed by atoms with van der Waals surface area (Å²) in [5.74, 6) is -0.489. The van der Waals surface area contributed by atoms with E-state index in [1.807, 2.05) is 0 Å². The van der Waals surface area contributed by atoms with Crippen LogP contribution in [-0.4, -0.2) is 37.1 Å². The molecule has 0 aliphatic rings. The molecule has 10 heteroatoms. The Kier molecular flexibility index (Phi) is 4.59. The highest BCUT2D eigenvalue weighted by molar-refractivity contribution is 7.90. The molecule has 0 saturated carbocycles. The van der Waals surface area contributed by atoms with E-state index in [9.17, 15) is 17.2 Å². The second-order valence-electron chi connectivity index (χ2n) is 4.32. The van der Waals surface area contributed by atoms with Gasteiger partial charge >= 0.3 is 6.61 Å². The molecule has 0 bridgehead atoms. The van der Waals surface area contributed by atoms with E-state index in [4.69, 9.17) is 4.74 Å². The quantitative estimate of drug-likeness (QED) is 0.794. The highest BCUT2D eigenvalue weighted by Crippen LogP contribution is 2.30. The highest BCUT2D eigenvalue weighted by atomic mass is 32.2. The molecule has 0 saturated heterocycles. The molecule has 1 heterocycles. The van der Waals surface area contributed by atoms with Gasteiger partial charge in [0.25, 0.3) is 0 Å². The zero-order valence-electron chi connectivity index (χ0n) is 11.7. The summed E-state index contributed by atoms with van der Waals surface area (Å²) in [5, 5.41) is 7.04. The number of hydrogen-bond acceptors (Lipinski definition) is 6. The van der Waals surface area contributed by atoms with Gasteiger partial charge in [-0.3, -0.25) is 0 Å². The van der Waals surface area contributed by atoms with Crippen molar-refractivity contribution >= 4 is 9.84 Å². The van der Waals surface area contributed by atoms with Gasteiger partial charge < -0.3 is 9.47 Å². The van der Waals surface area contributed by atoms with E-state index in [1.165, 1.54) is 32.4 Å². The summed E-state index contributed by atoms with van der Waals surface area (Å²) >= 11 is 0. The molecular formula is C12H13F2N3O4S. The Morgan fingerprint density at radius 1 is 1.32 bits per heavy atom. The predicted molar refractivity (Wildman–Crippen MR) is 71.5 cm³/mol. The number of aromatic nitrogens is 3. The Balaban J connectivity index is 2.29. The molecule has 0 spiro atoms. The van der Waals surface area contributed by atoms with Gasteiger partial charge in [0.05, 0.1) is 19.1 Å². The summed E-state index contributed by atoms with van der Waals surface area (Å²) in [7, 11) is -0.935. The standard InChI is InChI=1S/C12H13F2N3O4S/c1-17-11(6-15-16-17)22(18,19)7-8-3-4-9(21-12(13)14)10(5-8)20-2/h3-6,12H,7H2,1-2H3. The minimum absolute atomic E-state index is 0.0242. The number of sulfone groups is 1. The van der Waals surface area contributed by atoms with Crippen molar-refractivity contribution in [1.29, 1.82) is 0 Å². The molecule has 0 fully saturated rings. The third-order valence-electron chi connectivity index (χ3n) is 2.79. The molecule has 1 aromatic carbocycles. The van der Waals surface area contributed by atoms with Crippen molar-refractivity contribution in [3.8, 4) is 11.5 Å². The van der Waals surface area contributed by atoms with Crippen molar-refractivity contribution in [3.05, 3.63) is 30.0 Å². The first-order valence-electron chi connectivity index (χ1n) is 6.02. The average Bonchev–Trinajstić information content (AvgIpc) is 2.86. The monoisotopic (exact) mass is 333 g/mol. The number of halogens is 2. The lowest BCUT2D eigenvalue weighted by Crippen LogP contribution is -2.10. The second kappa shape index (κ2) is 6.26. The minimum atomic E-state index is -3.67. The summed E-state index contributed by atoms with van der Waals surface area (Å²) in [6, 6.07) is 3.94. The first-order valence-corrected chi connectivity index (χ1v) is 7.68. The Hall–Kier alpha value is -2.23. The first kappa shape index (κ1) is 16.1. The Bertz CT molecular complexity index is 761. The summed E-state index contributed by atoms with van der Waals surface area (Å²) in [4.78, 5) is 0. The molecule has 0 N–H and O–H groups in total. The van der Waals surface area contributed by atoms with Crippen LogP contribution < -0.4 is 9.47 Å². The van der Waals surface area contributed by atoms with Gasteiger partial charge in [0.15, 0.2) is 16.5 Å². The van der Waals surface area contributed by atoms with E-state index >= 15 is 0 Å². The largest absolute Gasteiger partial charge is 0.493 e. The van der Waals surface area contributed by atoms with Crippen molar-refractivity contribution in [1.82, 2.24) is 15.0 Å². The topological polar surface area (TPSA) is 83.3 Å². The lowest BCUT2D eigenvalue weighted by molar-refractivity contribution is -0.0512. The normalized spacial score (nSPS) is 11.7. The fourth-order valence-corrected chi connectivity index (χ4v) is 3.26. The maximum absolute atomic E-state index is 12.3. The van der Waals surface area contributed by atoms with E-state index in [-0.39, 0.29) is 22.3 Å². The fraction of sp³-hybridized carbons (Fsp3) is 0.333. The number of benzene rings is 1. The molecular weight excluding hydrogens is 320 g/mol. The van der Waals surface area contributed by atoms with Gasteiger partial charge in [-0.1, -0.05) is 11.3 Å². The first-order chi connectivity index (χ1) is 10.3. The maximum Gasteiger partial charge on any atom is 0.387 e. The van der Waals surface area contributed by atoms with Gasteiger partial charge in [-0.15, -0.1) is 5.10 Å². The number of ether oxygens (including phenoxy) is 2. The zero-order chi connectivity index (χ0) is 16.3. The van der Waals surface area contributed by atoms with Gasteiger partial charge in [-0.2, -0.15) is 8.78 Å². The molecule has 0 aliphatic carbocycles. The van der Waals surface area contributed by atoms with Crippen molar-refractivity contribution in [2.45, 2.75) is 17.4 Å². The zero-order valence-corrected chi connectivity index (χ0v) is 12.5. The Morgan fingerprint density at radius 2 is 2.05 bits per heavy atom. The van der Waals surface area contributed by atoms with Crippen LogP contribution in [0.25, 0.3) is 0 Å². The number of hydrogen-bond donors (Lipinski definition) is 0. The van der Waals surface area contributed by atoms with Crippen LogP contribution in [0.3, 0.4) is 0 Å². The second-order valence-corrected chi connectivity index (χ2v) is 6.26. The summed E-state index contributed by atoms with van der Waals surface area (Å²) in [6.45, 7) is -3.00. The molecule has 2 aromatic rings. The number of alkyl halides is 2. The maximum atomic E-state index is 12.3. The van der Waals surface area contributed by atoms with E-state index in [0.717, 1.165) is 10.9 Å². The number of rotatable bonds is 6. The van der Waals surface area contributed by atoms with E-state index in [2.05, 4.69) is 15.0 Å².